The van der Waals surface area contributed by atoms with Gasteiger partial charge in [-0.25, -0.2) is 0 Å². The van der Waals surface area contributed by atoms with Gasteiger partial charge in [0.25, 0.3) is 0 Å². The fourth-order valence-electron chi connectivity index (χ4n) is 9.44. The molecule has 1 amide bonds. The first kappa shape index (κ1) is 71.1. The Morgan fingerprint density at radius 3 is 1.42 bits per heavy atom. The molecular weight excluding hydrogens is 955 g/mol. The van der Waals surface area contributed by atoms with Crippen LogP contribution in [0.5, 0.6) is 0 Å². The van der Waals surface area contributed by atoms with Crippen LogP contribution in [-0.2, 0) is 23.8 Å². The SMILES string of the molecule is CC/C=C\C/C=C\C/C=C\C/C=C\C/C=C\CCCCCCCCCCCC(=O)OC1C(OCC(NC(=O)C(O)CCCCCCCCCCCC)C(O)/C=C/CCCCCCCCCCCC)OC(CO)C(O)C1O. The highest BCUT2D eigenvalue weighted by Crippen LogP contribution is 2.26. The Labute approximate surface area is 464 Å². The molecule has 0 aliphatic carbocycles. The molecule has 0 aromatic rings. The number of aliphatic hydroxyl groups excluding tert-OH is 5. The minimum atomic E-state index is -1.62. The number of carbonyl (C=O) groups excluding carboxylic acids is 2. The predicted octanol–water partition coefficient (Wildman–Crippen LogP) is 14.8. The van der Waals surface area contributed by atoms with Crippen LogP contribution in [-0.4, -0.2) is 99.6 Å². The monoisotopic (exact) mass is 1070 g/mol. The molecule has 1 saturated heterocycles. The van der Waals surface area contributed by atoms with Gasteiger partial charge in [0.1, 0.15) is 24.4 Å². The van der Waals surface area contributed by atoms with E-state index in [4.69, 9.17) is 14.2 Å². The van der Waals surface area contributed by atoms with Gasteiger partial charge in [0, 0.05) is 6.42 Å². The van der Waals surface area contributed by atoms with Crippen molar-refractivity contribution in [3.63, 3.8) is 0 Å². The first-order valence-corrected chi connectivity index (χ1v) is 31.2. The molecule has 1 rings (SSSR count). The van der Waals surface area contributed by atoms with Gasteiger partial charge in [0.05, 0.1) is 25.4 Å². The number of unbranched alkanes of at least 4 members (excludes halogenated alkanes) is 28. The van der Waals surface area contributed by atoms with Crippen LogP contribution in [0, 0.1) is 0 Å². The van der Waals surface area contributed by atoms with Gasteiger partial charge in [-0.3, -0.25) is 9.59 Å². The average Bonchev–Trinajstić information content (AvgIpc) is 3.42. The molecule has 0 radical (unpaired) electrons. The van der Waals surface area contributed by atoms with Gasteiger partial charge >= 0.3 is 5.97 Å². The lowest BCUT2D eigenvalue weighted by molar-refractivity contribution is -0.305. The highest BCUT2D eigenvalue weighted by atomic mass is 16.7. The summed E-state index contributed by atoms with van der Waals surface area (Å²) >= 11 is 0. The number of esters is 1. The minimum Gasteiger partial charge on any atom is -0.454 e. The molecule has 11 heteroatoms. The van der Waals surface area contributed by atoms with E-state index in [0.29, 0.717) is 19.3 Å². The molecule has 0 aromatic heterocycles. The van der Waals surface area contributed by atoms with Crippen molar-refractivity contribution in [2.24, 2.45) is 0 Å². The number of rotatable bonds is 52. The van der Waals surface area contributed by atoms with Gasteiger partial charge in [-0.2, -0.15) is 0 Å². The molecule has 0 saturated carbocycles. The van der Waals surface area contributed by atoms with Crippen LogP contribution >= 0.6 is 0 Å². The Hall–Kier alpha value is -2.90. The highest BCUT2D eigenvalue weighted by Gasteiger charge is 2.47. The van der Waals surface area contributed by atoms with E-state index in [1.54, 1.807) is 6.08 Å². The van der Waals surface area contributed by atoms with Crippen LogP contribution in [0.4, 0.5) is 0 Å². The Morgan fingerprint density at radius 1 is 0.526 bits per heavy atom. The number of aliphatic hydroxyl groups is 5. The van der Waals surface area contributed by atoms with Crippen molar-refractivity contribution >= 4 is 11.9 Å². The Balaban J connectivity index is 2.59. The zero-order chi connectivity index (χ0) is 55.4. The number of amides is 1. The second kappa shape index (κ2) is 52.8. The fraction of sp³-hybridized carbons (Fsp3) is 0.785. The maximum Gasteiger partial charge on any atom is 0.306 e. The lowest BCUT2D eigenvalue weighted by Crippen LogP contribution is -2.61. The molecule has 0 bridgehead atoms. The quantitative estimate of drug-likeness (QED) is 0.0195. The number of allylic oxidation sites excluding steroid dienone is 11. The number of hydrogen-bond donors (Lipinski definition) is 6. The molecule has 0 aromatic carbocycles. The van der Waals surface area contributed by atoms with Crippen molar-refractivity contribution in [2.45, 2.75) is 314 Å². The maximum absolute atomic E-state index is 13.3. The predicted molar refractivity (Wildman–Crippen MR) is 315 cm³/mol. The second-order valence-corrected chi connectivity index (χ2v) is 21.4. The average molecular weight is 1070 g/mol. The zero-order valence-electron chi connectivity index (χ0n) is 48.6. The zero-order valence-corrected chi connectivity index (χ0v) is 48.6. The van der Waals surface area contributed by atoms with Crippen molar-refractivity contribution in [1.82, 2.24) is 5.32 Å². The number of carbonyl (C=O) groups is 2. The van der Waals surface area contributed by atoms with Crippen molar-refractivity contribution in [1.29, 1.82) is 0 Å². The Kier molecular flexibility index (Phi) is 49.4. The third kappa shape index (κ3) is 40.3. The van der Waals surface area contributed by atoms with E-state index in [9.17, 15) is 35.1 Å². The van der Waals surface area contributed by atoms with Crippen LogP contribution in [0.2, 0.25) is 0 Å². The van der Waals surface area contributed by atoms with Gasteiger partial charge in [-0.15, -0.1) is 0 Å². The van der Waals surface area contributed by atoms with E-state index in [2.05, 4.69) is 86.8 Å². The van der Waals surface area contributed by atoms with Crippen LogP contribution in [0.25, 0.3) is 0 Å². The molecule has 1 heterocycles. The second-order valence-electron chi connectivity index (χ2n) is 21.4. The van der Waals surface area contributed by atoms with Gasteiger partial charge in [0.15, 0.2) is 12.4 Å². The van der Waals surface area contributed by atoms with Gasteiger partial charge < -0.3 is 45.1 Å². The summed E-state index contributed by atoms with van der Waals surface area (Å²) in [7, 11) is 0. The third-order valence-corrected chi connectivity index (χ3v) is 14.4. The van der Waals surface area contributed by atoms with Crippen LogP contribution in [0.1, 0.15) is 265 Å². The lowest BCUT2D eigenvalue weighted by Gasteiger charge is -2.41. The molecule has 8 atom stereocenters. The number of ether oxygens (including phenoxy) is 3. The van der Waals surface area contributed by atoms with Gasteiger partial charge in [-0.1, -0.05) is 261 Å². The van der Waals surface area contributed by atoms with E-state index in [-0.39, 0.29) is 13.0 Å². The van der Waals surface area contributed by atoms with E-state index in [1.807, 2.05) is 6.08 Å². The van der Waals surface area contributed by atoms with Crippen molar-refractivity contribution in [3.8, 4) is 0 Å². The van der Waals surface area contributed by atoms with E-state index >= 15 is 0 Å². The molecule has 1 aliphatic heterocycles. The summed E-state index contributed by atoms with van der Waals surface area (Å²) in [4.78, 5) is 26.5. The molecule has 76 heavy (non-hydrogen) atoms. The van der Waals surface area contributed by atoms with Crippen LogP contribution in [0.3, 0.4) is 0 Å². The summed E-state index contributed by atoms with van der Waals surface area (Å²) in [5.74, 6) is -1.20. The maximum atomic E-state index is 13.3. The Morgan fingerprint density at radius 2 is 0.947 bits per heavy atom. The first-order valence-electron chi connectivity index (χ1n) is 31.2. The smallest absolute Gasteiger partial charge is 0.306 e. The van der Waals surface area contributed by atoms with Crippen molar-refractivity contribution in [3.05, 3.63) is 72.9 Å². The summed E-state index contributed by atoms with van der Waals surface area (Å²) in [5.41, 5.74) is 0. The molecule has 6 N–H and O–H groups in total. The third-order valence-electron chi connectivity index (χ3n) is 14.4. The molecule has 440 valence electrons. The number of nitrogens with one attached hydrogen (secondary N) is 1. The molecule has 1 aliphatic rings. The van der Waals surface area contributed by atoms with Gasteiger partial charge in [-0.05, 0) is 70.6 Å². The Bertz CT molecular complexity index is 1510. The molecule has 8 unspecified atom stereocenters. The lowest BCUT2D eigenvalue weighted by atomic mass is 9.99. The summed E-state index contributed by atoms with van der Waals surface area (Å²) in [6.07, 6.45) is 56.6. The van der Waals surface area contributed by atoms with Crippen molar-refractivity contribution in [2.75, 3.05) is 13.2 Å². The molecular formula is C65H115NO10. The van der Waals surface area contributed by atoms with Crippen LogP contribution in [0.15, 0.2) is 72.9 Å². The standard InChI is InChI=1S/C65H115NO10/c1-4-7-10-13-16-19-22-24-25-26-27-28-29-30-31-32-33-34-35-36-38-41-44-47-50-53-60(70)76-63-62(72)61(71)59(54-67)75-65(63)74-55-56(57(68)51-48-45-42-40-37-23-20-17-14-11-8-5-2)66-64(73)58(69)52-49-46-43-39-21-18-15-12-9-6-3/h7,10,16,19,24-25,27-28,30-31,48,51,56-59,61-63,65,67-69,71-72H,4-6,8-9,11-15,17-18,20-23,26,29,32-47,49-50,52-55H2,1-3H3,(H,66,73)/b10-7-,19-16-,25-24-,28-27-,31-30-,51-48+. The molecule has 1 fully saturated rings. The first-order chi connectivity index (χ1) is 37.2. The fourth-order valence-corrected chi connectivity index (χ4v) is 9.44. The highest BCUT2D eigenvalue weighted by molar-refractivity contribution is 5.80. The normalized spacial score (nSPS) is 19.6. The summed E-state index contributed by atoms with van der Waals surface area (Å²) < 4.78 is 17.6. The van der Waals surface area contributed by atoms with Crippen LogP contribution < -0.4 is 5.32 Å². The van der Waals surface area contributed by atoms with E-state index in [1.165, 1.54) is 116 Å². The number of hydrogen-bond acceptors (Lipinski definition) is 10. The van der Waals surface area contributed by atoms with Gasteiger partial charge in [0.2, 0.25) is 5.91 Å². The molecule has 11 nitrogen and oxygen atoms in total. The largest absolute Gasteiger partial charge is 0.454 e. The summed E-state index contributed by atoms with van der Waals surface area (Å²) in [5, 5.41) is 56.9. The van der Waals surface area contributed by atoms with Crippen molar-refractivity contribution < 1.29 is 49.3 Å². The minimum absolute atomic E-state index is 0.115. The van der Waals surface area contributed by atoms with E-state index < -0.39 is 67.4 Å². The van der Waals surface area contributed by atoms with E-state index in [0.717, 1.165) is 103 Å². The summed E-state index contributed by atoms with van der Waals surface area (Å²) in [6.45, 7) is 5.65. The molecule has 0 spiro atoms. The summed E-state index contributed by atoms with van der Waals surface area (Å²) in [6, 6.07) is -1.02. The topological polar surface area (TPSA) is 175 Å².